The minimum Gasteiger partial charge on any atom is -0.255 e. The molecule has 0 fully saturated rings. The molecule has 2 aromatic carbocycles. The summed E-state index contributed by atoms with van der Waals surface area (Å²) in [6, 6.07) is 13.7. The molecule has 1 aromatic heterocycles. The van der Waals surface area contributed by atoms with E-state index in [2.05, 4.69) is 12.1 Å². The highest BCUT2D eigenvalue weighted by molar-refractivity contribution is 6.36. The molecule has 1 aliphatic rings. The molecule has 4 heteroatoms. The third-order valence-electron chi connectivity index (χ3n) is 4.43. The van der Waals surface area contributed by atoms with Gasteiger partial charge in [-0.05, 0) is 49.4 Å². The van der Waals surface area contributed by atoms with Gasteiger partial charge in [0.1, 0.15) is 0 Å². The molecule has 0 amide bonds. The van der Waals surface area contributed by atoms with Crippen molar-refractivity contribution in [2.75, 3.05) is 0 Å². The van der Waals surface area contributed by atoms with Crippen molar-refractivity contribution in [3.8, 4) is 0 Å². The van der Waals surface area contributed by atoms with Crippen LogP contribution in [0, 0.1) is 0 Å². The lowest BCUT2D eigenvalue weighted by Crippen LogP contribution is -2.06. The minimum atomic E-state index is 0.610. The Morgan fingerprint density at radius 2 is 1.83 bits per heavy atom. The normalized spacial score (nSPS) is 14.2. The predicted octanol–water partition coefficient (Wildman–Crippen LogP) is 6.17. The summed E-state index contributed by atoms with van der Waals surface area (Å²) in [5, 5.41) is 2.34. The van der Waals surface area contributed by atoms with Crippen LogP contribution in [0.15, 0.2) is 47.5 Å². The lowest BCUT2D eigenvalue weighted by Gasteiger charge is -2.18. The largest absolute Gasteiger partial charge is 0.255 e. The van der Waals surface area contributed by atoms with E-state index in [0.717, 1.165) is 35.0 Å². The van der Waals surface area contributed by atoms with E-state index in [-0.39, 0.29) is 0 Å². The summed E-state index contributed by atoms with van der Waals surface area (Å²) in [5.74, 6) is 0. The van der Waals surface area contributed by atoms with Crippen LogP contribution in [0.1, 0.15) is 29.7 Å². The molecule has 1 aliphatic carbocycles. The Morgan fingerprint density at radius 3 is 2.71 bits per heavy atom. The van der Waals surface area contributed by atoms with Gasteiger partial charge in [0.15, 0.2) is 0 Å². The van der Waals surface area contributed by atoms with Gasteiger partial charge in [0.25, 0.3) is 0 Å². The summed E-state index contributed by atoms with van der Waals surface area (Å²) in [5.41, 5.74) is 5.37. The average Bonchev–Trinajstić information content (AvgIpc) is 2.60. The van der Waals surface area contributed by atoms with E-state index >= 15 is 0 Å². The molecule has 0 aliphatic heterocycles. The fourth-order valence-electron chi connectivity index (χ4n) is 3.23. The van der Waals surface area contributed by atoms with Crippen molar-refractivity contribution in [1.29, 1.82) is 0 Å². The fraction of sp³-hybridized carbons (Fsp3) is 0.200. The first-order valence-electron chi connectivity index (χ1n) is 8.12. The molecule has 2 nitrogen and oxygen atoms in total. The maximum atomic E-state index is 6.27. The number of fused-ring (bicyclic) bond motifs is 2. The Balaban J connectivity index is 1.87. The maximum Gasteiger partial charge on any atom is 0.0774 e. The lowest BCUT2D eigenvalue weighted by atomic mass is 9.93. The Bertz CT molecular complexity index is 948. The summed E-state index contributed by atoms with van der Waals surface area (Å²) in [4.78, 5) is 9.66. The van der Waals surface area contributed by atoms with Gasteiger partial charge in [-0.1, -0.05) is 47.5 Å². The number of pyridine rings is 1. The van der Waals surface area contributed by atoms with Crippen LogP contribution in [0.2, 0.25) is 10.0 Å². The van der Waals surface area contributed by atoms with Crippen LogP contribution in [0.25, 0.3) is 10.9 Å². The second-order valence-corrected chi connectivity index (χ2v) is 6.88. The molecule has 0 radical (unpaired) electrons. The minimum absolute atomic E-state index is 0.610. The summed E-state index contributed by atoms with van der Waals surface area (Å²) >= 11 is 12.2. The summed E-state index contributed by atoms with van der Waals surface area (Å²) < 4.78 is 0. The van der Waals surface area contributed by atoms with Gasteiger partial charge in [-0.25, -0.2) is 0 Å². The number of halogens is 2. The van der Waals surface area contributed by atoms with Gasteiger partial charge in [0.2, 0.25) is 0 Å². The fourth-order valence-corrected chi connectivity index (χ4v) is 3.69. The van der Waals surface area contributed by atoms with E-state index < -0.39 is 0 Å². The Kier molecular flexibility index (Phi) is 4.26. The van der Waals surface area contributed by atoms with Crippen molar-refractivity contribution >= 4 is 46.0 Å². The molecular formula is C20H16Cl2N2. The van der Waals surface area contributed by atoms with E-state index in [4.69, 9.17) is 33.2 Å². The number of hydrogen-bond donors (Lipinski definition) is 0. The number of nitrogens with zero attached hydrogens (tertiary/aromatic N) is 2. The maximum absolute atomic E-state index is 6.27. The molecule has 24 heavy (non-hydrogen) atoms. The molecule has 0 saturated heterocycles. The molecule has 3 aromatic rings. The first kappa shape index (κ1) is 15.6. The van der Waals surface area contributed by atoms with Crippen LogP contribution in [0.3, 0.4) is 0 Å². The molecule has 4 rings (SSSR count). The SMILES string of the molecule is Clc1ccc(C=Nc2c3c(nc4ccccc24)CCCC3)c(Cl)c1. The molecular weight excluding hydrogens is 339 g/mol. The van der Waals surface area contributed by atoms with Crippen LogP contribution >= 0.6 is 23.2 Å². The lowest BCUT2D eigenvalue weighted by molar-refractivity contribution is 0.672. The Morgan fingerprint density at radius 1 is 1.00 bits per heavy atom. The van der Waals surface area contributed by atoms with Gasteiger partial charge in [-0.3, -0.25) is 9.98 Å². The molecule has 1 heterocycles. The molecule has 0 N–H and O–H groups in total. The van der Waals surface area contributed by atoms with Crippen LogP contribution < -0.4 is 0 Å². The monoisotopic (exact) mass is 354 g/mol. The van der Waals surface area contributed by atoms with Gasteiger partial charge >= 0.3 is 0 Å². The summed E-state index contributed by atoms with van der Waals surface area (Å²) in [6.07, 6.45) is 6.29. The van der Waals surface area contributed by atoms with Gasteiger partial charge in [0, 0.05) is 27.9 Å². The quantitative estimate of drug-likeness (QED) is 0.505. The number of para-hydroxylation sites is 1. The zero-order valence-electron chi connectivity index (χ0n) is 13.1. The molecule has 0 atom stereocenters. The molecule has 0 unspecified atom stereocenters. The van der Waals surface area contributed by atoms with Crippen molar-refractivity contribution in [2.45, 2.75) is 25.7 Å². The van der Waals surface area contributed by atoms with Crippen molar-refractivity contribution in [3.05, 3.63) is 69.3 Å². The van der Waals surface area contributed by atoms with Gasteiger partial charge in [-0.2, -0.15) is 0 Å². The third-order valence-corrected chi connectivity index (χ3v) is 5.00. The van der Waals surface area contributed by atoms with E-state index in [1.54, 1.807) is 6.07 Å². The highest BCUT2D eigenvalue weighted by atomic mass is 35.5. The second kappa shape index (κ2) is 6.54. The number of hydrogen-bond acceptors (Lipinski definition) is 2. The molecule has 0 bridgehead atoms. The van der Waals surface area contributed by atoms with Crippen molar-refractivity contribution in [1.82, 2.24) is 4.98 Å². The van der Waals surface area contributed by atoms with Gasteiger partial charge in [0.05, 0.1) is 16.2 Å². The Labute approximate surface area is 151 Å². The van der Waals surface area contributed by atoms with Crippen LogP contribution in [-0.4, -0.2) is 11.2 Å². The Hall–Kier alpha value is -1.90. The highest BCUT2D eigenvalue weighted by Crippen LogP contribution is 2.35. The van der Waals surface area contributed by atoms with Crippen LogP contribution in [0.5, 0.6) is 0 Å². The number of aliphatic imine (C=N–C) groups is 1. The van der Waals surface area contributed by atoms with Crippen LogP contribution in [0.4, 0.5) is 5.69 Å². The number of benzene rings is 2. The number of aromatic nitrogens is 1. The molecule has 0 spiro atoms. The third kappa shape index (κ3) is 2.92. The summed E-state index contributed by atoms with van der Waals surface area (Å²) in [7, 11) is 0. The molecule has 120 valence electrons. The standard InChI is InChI=1S/C20H16Cl2N2/c21-14-10-9-13(17(22)11-14)12-23-20-15-5-1-3-7-18(15)24-19-8-4-2-6-16(19)20/h1,3,5,7,9-12H,2,4,6,8H2. The second-order valence-electron chi connectivity index (χ2n) is 6.03. The van der Waals surface area contributed by atoms with Crippen molar-refractivity contribution in [2.24, 2.45) is 4.99 Å². The average molecular weight is 355 g/mol. The molecule has 0 saturated carbocycles. The van der Waals surface area contributed by atoms with Gasteiger partial charge in [-0.15, -0.1) is 0 Å². The van der Waals surface area contributed by atoms with Crippen LogP contribution in [-0.2, 0) is 12.8 Å². The van der Waals surface area contributed by atoms with E-state index in [9.17, 15) is 0 Å². The van der Waals surface area contributed by atoms with E-state index in [1.165, 1.54) is 24.1 Å². The topological polar surface area (TPSA) is 25.2 Å². The zero-order valence-corrected chi connectivity index (χ0v) is 14.6. The summed E-state index contributed by atoms with van der Waals surface area (Å²) in [6.45, 7) is 0. The predicted molar refractivity (Wildman–Crippen MR) is 102 cm³/mol. The smallest absolute Gasteiger partial charge is 0.0774 e. The first-order valence-corrected chi connectivity index (χ1v) is 8.87. The van der Waals surface area contributed by atoms with E-state index in [0.29, 0.717) is 10.0 Å². The zero-order chi connectivity index (χ0) is 16.5. The van der Waals surface area contributed by atoms with Crippen molar-refractivity contribution < 1.29 is 0 Å². The van der Waals surface area contributed by atoms with E-state index in [1.807, 2.05) is 30.5 Å². The number of rotatable bonds is 2. The first-order chi connectivity index (χ1) is 11.7. The van der Waals surface area contributed by atoms with Gasteiger partial charge < -0.3 is 0 Å². The highest BCUT2D eigenvalue weighted by Gasteiger charge is 2.17. The number of aryl methyl sites for hydroxylation is 1. The van der Waals surface area contributed by atoms with Crippen molar-refractivity contribution in [3.63, 3.8) is 0 Å².